The molecule has 0 spiro atoms. The van der Waals surface area contributed by atoms with E-state index in [1.807, 2.05) is 56.3 Å². The summed E-state index contributed by atoms with van der Waals surface area (Å²) >= 11 is -0.750. The van der Waals surface area contributed by atoms with Crippen LogP contribution in [-0.4, -0.2) is 43.7 Å². The fraction of sp³-hybridized carbons (Fsp3) is 0.0870. The van der Waals surface area contributed by atoms with Crippen LogP contribution in [-0.2, 0) is 11.6 Å². The van der Waals surface area contributed by atoms with Gasteiger partial charge in [0.05, 0.1) is 11.9 Å². The van der Waals surface area contributed by atoms with Crippen LogP contribution in [0.3, 0.4) is 0 Å². The minimum atomic E-state index is -0.750. The third-order valence-electron chi connectivity index (χ3n) is 4.93. The molecule has 4 aromatic heterocycles. The lowest BCUT2D eigenvalue weighted by molar-refractivity contribution is 0.102. The van der Waals surface area contributed by atoms with Crippen molar-refractivity contribution in [1.82, 2.24) is 29.4 Å². The summed E-state index contributed by atoms with van der Waals surface area (Å²) in [6.07, 6.45) is 6.64. The van der Waals surface area contributed by atoms with Gasteiger partial charge in [-0.05, 0) is 31.5 Å². The number of hydrogen-bond acceptors (Lipinski definition) is 7. The summed E-state index contributed by atoms with van der Waals surface area (Å²) in [5.41, 5.74) is 4.75. The van der Waals surface area contributed by atoms with Crippen molar-refractivity contribution in [2.45, 2.75) is 13.8 Å². The van der Waals surface area contributed by atoms with E-state index in [2.05, 4.69) is 20.4 Å². The van der Waals surface area contributed by atoms with E-state index in [0.29, 0.717) is 22.8 Å². The maximum absolute atomic E-state index is 13.1. The first kappa shape index (κ1) is 22.7. The second-order valence-electron chi connectivity index (χ2n) is 7.35. The molecule has 0 fully saturated rings. The molecule has 0 aliphatic rings. The second-order valence-corrected chi connectivity index (χ2v) is 7.49. The third kappa shape index (κ3) is 4.79. The predicted molar refractivity (Wildman–Crippen MR) is 126 cm³/mol. The minimum Gasteiger partial charge on any atom is -0.306 e. The van der Waals surface area contributed by atoms with E-state index in [1.54, 1.807) is 33.9 Å². The average Bonchev–Trinajstić information content (AvgIpc) is 3.45. The number of hydrogen-bond donors (Lipinski definition) is 1. The Morgan fingerprint density at radius 3 is 2.41 bits per heavy atom. The van der Waals surface area contributed by atoms with Gasteiger partial charge in [0.25, 0.3) is 5.91 Å². The molecule has 11 heteroatoms. The summed E-state index contributed by atoms with van der Waals surface area (Å²) in [6, 6.07) is 15.5. The topological polar surface area (TPSA) is 124 Å². The Morgan fingerprint density at radius 2 is 1.71 bits per heavy atom. The number of benzene rings is 1. The standard InChI is InChI=1S/C23H19N7O.O2S/c1-15-4-7-17(8-5-15)19-12-21(30(28-19)20-9-6-16(2)13-25-20)27-23(31)18-14-26-29-11-3-10-24-22(18)29;1-3-2/h3-14H,1-2H3,(H,27,31);. The molecular formula is C23H19N7O3S. The summed E-state index contributed by atoms with van der Waals surface area (Å²) in [4.78, 5) is 21.8. The van der Waals surface area contributed by atoms with Crippen LogP contribution in [0, 0.1) is 13.8 Å². The lowest BCUT2D eigenvalue weighted by atomic mass is 10.1. The van der Waals surface area contributed by atoms with Crippen molar-refractivity contribution < 1.29 is 13.2 Å². The molecule has 1 amide bonds. The Balaban J connectivity index is 0.000000868. The molecule has 0 radical (unpaired) electrons. The van der Waals surface area contributed by atoms with Gasteiger partial charge >= 0.3 is 11.6 Å². The number of carbonyl (C=O) groups excluding carboxylic acids is 1. The van der Waals surface area contributed by atoms with Crippen molar-refractivity contribution in [3.63, 3.8) is 0 Å². The van der Waals surface area contributed by atoms with E-state index < -0.39 is 11.6 Å². The molecular weight excluding hydrogens is 454 g/mol. The lowest BCUT2D eigenvalue weighted by Gasteiger charge is -2.07. The summed E-state index contributed by atoms with van der Waals surface area (Å²) in [7, 11) is 0. The Morgan fingerprint density at radius 1 is 0.971 bits per heavy atom. The summed E-state index contributed by atoms with van der Waals surface area (Å²) in [5.74, 6) is 0.793. The smallest absolute Gasteiger partial charge is 0.306 e. The van der Waals surface area contributed by atoms with Crippen LogP contribution in [0.5, 0.6) is 0 Å². The molecule has 4 heterocycles. The average molecular weight is 474 g/mol. The summed E-state index contributed by atoms with van der Waals surface area (Å²) < 4.78 is 19.8. The number of carbonyl (C=O) groups is 1. The van der Waals surface area contributed by atoms with Crippen molar-refractivity contribution in [2.75, 3.05) is 5.32 Å². The molecule has 0 atom stereocenters. The molecule has 0 aliphatic heterocycles. The van der Waals surface area contributed by atoms with Crippen molar-refractivity contribution in [3.8, 4) is 17.1 Å². The summed E-state index contributed by atoms with van der Waals surface area (Å²) in [6.45, 7) is 4.01. The van der Waals surface area contributed by atoms with Gasteiger partial charge in [0.1, 0.15) is 11.4 Å². The van der Waals surface area contributed by atoms with Gasteiger partial charge in [-0.25, -0.2) is 14.5 Å². The molecule has 0 saturated heterocycles. The number of pyridine rings is 1. The Labute approximate surface area is 197 Å². The highest BCUT2D eigenvalue weighted by atomic mass is 32.1. The molecule has 0 saturated carbocycles. The monoisotopic (exact) mass is 473 g/mol. The zero-order valence-corrected chi connectivity index (χ0v) is 19.1. The van der Waals surface area contributed by atoms with Crippen LogP contribution in [0.2, 0.25) is 0 Å². The van der Waals surface area contributed by atoms with Gasteiger partial charge < -0.3 is 5.32 Å². The van der Waals surface area contributed by atoms with Gasteiger partial charge in [0.15, 0.2) is 11.5 Å². The van der Waals surface area contributed by atoms with E-state index in [4.69, 9.17) is 13.5 Å². The number of nitrogens with one attached hydrogen (secondary N) is 1. The van der Waals surface area contributed by atoms with Gasteiger partial charge in [-0.15, -0.1) is 0 Å². The third-order valence-corrected chi connectivity index (χ3v) is 4.93. The van der Waals surface area contributed by atoms with Gasteiger partial charge in [-0.1, -0.05) is 35.9 Å². The Kier molecular flexibility index (Phi) is 6.64. The number of nitrogens with zero attached hydrogens (tertiary/aromatic N) is 6. The van der Waals surface area contributed by atoms with Crippen LogP contribution in [0.15, 0.2) is 73.3 Å². The van der Waals surface area contributed by atoms with E-state index in [0.717, 1.165) is 22.4 Å². The fourth-order valence-corrected chi connectivity index (χ4v) is 3.27. The Bertz CT molecular complexity index is 1490. The molecule has 34 heavy (non-hydrogen) atoms. The maximum Gasteiger partial charge on any atom is 0.335 e. The van der Waals surface area contributed by atoms with Crippen LogP contribution >= 0.6 is 0 Å². The largest absolute Gasteiger partial charge is 0.335 e. The molecule has 0 unspecified atom stereocenters. The molecule has 1 N–H and O–H groups in total. The molecule has 1 aromatic carbocycles. The van der Waals surface area contributed by atoms with E-state index >= 15 is 0 Å². The molecule has 10 nitrogen and oxygen atoms in total. The number of fused-ring (bicyclic) bond motifs is 1. The quantitative estimate of drug-likeness (QED) is 0.425. The van der Waals surface area contributed by atoms with Gasteiger partial charge in [0.2, 0.25) is 0 Å². The first-order valence-corrected chi connectivity index (χ1v) is 10.8. The first-order chi connectivity index (χ1) is 16.5. The number of aromatic nitrogens is 6. The number of rotatable bonds is 4. The highest BCUT2D eigenvalue weighted by Crippen LogP contribution is 2.25. The SMILES string of the molecule is Cc1ccc(-c2cc(NC(=O)c3cnn4cccnc34)n(-c3ccc(C)cn3)n2)cc1.O=S=O. The Hall–Kier alpha value is -4.51. The molecule has 5 rings (SSSR count). The number of aryl methyl sites for hydroxylation is 2. The van der Waals surface area contributed by atoms with Crippen molar-refractivity contribution in [2.24, 2.45) is 0 Å². The van der Waals surface area contributed by atoms with E-state index in [1.165, 1.54) is 6.20 Å². The number of anilines is 1. The van der Waals surface area contributed by atoms with Crippen LogP contribution in [0.1, 0.15) is 21.5 Å². The molecule has 0 aliphatic carbocycles. The van der Waals surface area contributed by atoms with Gasteiger partial charge in [0, 0.05) is 30.2 Å². The van der Waals surface area contributed by atoms with Crippen molar-refractivity contribution in [1.29, 1.82) is 0 Å². The van der Waals surface area contributed by atoms with E-state index in [-0.39, 0.29) is 5.91 Å². The van der Waals surface area contributed by atoms with Crippen LogP contribution < -0.4 is 5.32 Å². The normalized spacial score (nSPS) is 10.4. The van der Waals surface area contributed by atoms with Gasteiger partial charge in [-0.2, -0.15) is 23.3 Å². The van der Waals surface area contributed by atoms with Crippen molar-refractivity contribution >= 4 is 28.9 Å². The molecule has 5 aromatic rings. The second kappa shape index (κ2) is 9.96. The highest BCUT2D eigenvalue weighted by molar-refractivity contribution is 7.51. The fourth-order valence-electron chi connectivity index (χ4n) is 3.27. The van der Waals surface area contributed by atoms with Crippen LogP contribution in [0.4, 0.5) is 5.82 Å². The maximum atomic E-state index is 13.1. The number of amides is 1. The molecule has 0 bridgehead atoms. The summed E-state index contributed by atoms with van der Waals surface area (Å²) in [5, 5.41) is 11.8. The van der Waals surface area contributed by atoms with Gasteiger partial charge in [-0.3, -0.25) is 4.79 Å². The molecule has 170 valence electrons. The zero-order valence-electron chi connectivity index (χ0n) is 18.2. The van der Waals surface area contributed by atoms with E-state index in [9.17, 15) is 4.79 Å². The predicted octanol–water partition coefficient (Wildman–Crippen LogP) is 3.18. The first-order valence-electron chi connectivity index (χ1n) is 10.1. The minimum absolute atomic E-state index is 0.322. The zero-order chi connectivity index (χ0) is 24.1. The lowest BCUT2D eigenvalue weighted by Crippen LogP contribution is -2.15. The van der Waals surface area contributed by atoms with Crippen molar-refractivity contribution in [3.05, 3.63) is 90.0 Å². The van der Waals surface area contributed by atoms with Crippen LogP contribution in [0.25, 0.3) is 22.7 Å². The highest BCUT2D eigenvalue weighted by Gasteiger charge is 2.18.